The number of nitro groups is 1. The van der Waals surface area contributed by atoms with E-state index in [1.165, 1.54) is 25.3 Å². The molecule has 1 N–H and O–H groups in total. The Morgan fingerprint density at radius 3 is 2.71 bits per heavy atom. The van der Waals surface area contributed by atoms with Gasteiger partial charge in [0.2, 0.25) is 0 Å². The second kappa shape index (κ2) is 5.40. The Labute approximate surface area is 98.0 Å². The minimum atomic E-state index is -1.01. The van der Waals surface area contributed by atoms with Crippen molar-refractivity contribution in [2.24, 2.45) is 0 Å². The number of methoxy groups -OCH3 is 1. The Bertz CT molecular complexity index is 443. The van der Waals surface area contributed by atoms with Crippen molar-refractivity contribution < 1.29 is 19.6 Å². The fourth-order valence-electron chi connectivity index (χ4n) is 1.45. The molecule has 0 unspecified atom stereocenters. The maximum Gasteiger partial charge on any atom is 0.308 e. The summed E-state index contributed by atoms with van der Waals surface area (Å²) in [4.78, 5) is 21.1. The molecule has 0 spiro atoms. The van der Waals surface area contributed by atoms with Gasteiger partial charge in [-0.15, -0.1) is 0 Å². The summed E-state index contributed by atoms with van der Waals surface area (Å²) in [6.45, 7) is 1.58. The van der Waals surface area contributed by atoms with E-state index in [0.29, 0.717) is 11.1 Å². The molecule has 0 saturated carbocycles. The van der Waals surface area contributed by atoms with Crippen LogP contribution in [0.3, 0.4) is 0 Å². The summed E-state index contributed by atoms with van der Waals surface area (Å²) in [7, 11) is 1.23. The third kappa shape index (κ3) is 3.25. The maximum absolute atomic E-state index is 11.0. The Morgan fingerprint density at radius 1 is 1.59 bits per heavy atom. The van der Waals surface area contributed by atoms with Crippen LogP contribution in [0.4, 0.5) is 5.69 Å². The van der Waals surface area contributed by atoms with Crippen LogP contribution in [-0.2, 0) is 9.53 Å². The van der Waals surface area contributed by atoms with Crippen LogP contribution in [0.5, 0.6) is 0 Å². The number of hydrogen-bond acceptors (Lipinski definition) is 5. The molecule has 17 heavy (non-hydrogen) atoms. The molecule has 0 fully saturated rings. The van der Waals surface area contributed by atoms with E-state index in [1.54, 1.807) is 6.92 Å². The van der Waals surface area contributed by atoms with Crippen molar-refractivity contribution in [1.82, 2.24) is 0 Å². The minimum absolute atomic E-state index is 0.0148. The van der Waals surface area contributed by atoms with Crippen LogP contribution in [0.2, 0.25) is 0 Å². The zero-order valence-corrected chi connectivity index (χ0v) is 9.54. The standard InChI is InChI=1S/C11H13NO5/c1-7-5-8(3-4-9(7)12(15)16)10(13)6-11(14)17-2/h3-5,10,13H,6H2,1-2H3/t10-/m0/s1. The number of esters is 1. The van der Waals surface area contributed by atoms with E-state index >= 15 is 0 Å². The molecule has 1 rings (SSSR count). The van der Waals surface area contributed by atoms with Gasteiger partial charge in [-0.3, -0.25) is 14.9 Å². The Balaban J connectivity index is 2.89. The van der Waals surface area contributed by atoms with Gasteiger partial charge in [-0.1, -0.05) is 0 Å². The third-order valence-corrected chi connectivity index (χ3v) is 2.39. The van der Waals surface area contributed by atoms with Gasteiger partial charge in [0.15, 0.2) is 0 Å². The quantitative estimate of drug-likeness (QED) is 0.488. The molecule has 0 saturated heterocycles. The van der Waals surface area contributed by atoms with Gasteiger partial charge >= 0.3 is 5.97 Å². The predicted octanol–water partition coefficient (Wildman–Crippen LogP) is 1.50. The Hall–Kier alpha value is -1.95. The van der Waals surface area contributed by atoms with E-state index < -0.39 is 17.0 Å². The van der Waals surface area contributed by atoms with Gasteiger partial charge in [0.25, 0.3) is 5.69 Å². The Morgan fingerprint density at radius 2 is 2.24 bits per heavy atom. The lowest BCUT2D eigenvalue weighted by Crippen LogP contribution is -2.08. The second-order valence-corrected chi connectivity index (χ2v) is 3.60. The van der Waals surface area contributed by atoms with E-state index in [2.05, 4.69) is 4.74 Å². The first-order chi connectivity index (χ1) is 7.95. The van der Waals surface area contributed by atoms with Crippen LogP contribution in [0, 0.1) is 17.0 Å². The lowest BCUT2D eigenvalue weighted by molar-refractivity contribution is -0.385. The fraction of sp³-hybridized carbons (Fsp3) is 0.364. The largest absolute Gasteiger partial charge is 0.469 e. The average molecular weight is 239 g/mol. The molecular formula is C11H13NO5. The van der Waals surface area contributed by atoms with Gasteiger partial charge in [-0.2, -0.15) is 0 Å². The molecule has 6 heteroatoms. The molecule has 6 nitrogen and oxygen atoms in total. The monoisotopic (exact) mass is 239 g/mol. The van der Waals surface area contributed by atoms with Crippen molar-refractivity contribution in [2.75, 3.05) is 7.11 Å². The lowest BCUT2D eigenvalue weighted by Gasteiger charge is -2.10. The SMILES string of the molecule is COC(=O)C[C@H](O)c1ccc([N+](=O)[O-])c(C)c1. The molecule has 1 aromatic carbocycles. The highest BCUT2D eigenvalue weighted by Crippen LogP contribution is 2.24. The highest BCUT2D eigenvalue weighted by Gasteiger charge is 2.16. The molecular weight excluding hydrogens is 226 g/mol. The van der Waals surface area contributed by atoms with E-state index in [1.807, 2.05) is 0 Å². The maximum atomic E-state index is 11.0. The molecule has 0 aliphatic rings. The normalized spacial score (nSPS) is 11.9. The minimum Gasteiger partial charge on any atom is -0.469 e. The highest BCUT2D eigenvalue weighted by molar-refractivity contribution is 5.70. The van der Waals surface area contributed by atoms with Gasteiger partial charge in [-0.05, 0) is 24.6 Å². The van der Waals surface area contributed by atoms with Crippen LogP contribution >= 0.6 is 0 Å². The first kappa shape index (κ1) is 13.1. The van der Waals surface area contributed by atoms with Crippen molar-refractivity contribution in [3.05, 3.63) is 39.4 Å². The number of aliphatic hydroxyl groups is 1. The summed E-state index contributed by atoms with van der Waals surface area (Å²) < 4.78 is 4.43. The number of aliphatic hydroxyl groups excluding tert-OH is 1. The molecule has 0 radical (unpaired) electrons. The van der Waals surface area contributed by atoms with Crippen molar-refractivity contribution in [2.45, 2.75) is 19.4 Å². The van der Waals surface area contributed by atoms with E-state index in [4.69, 9.17) is 0 Å². The highest BCUT2D eigenvalue weighted by atomic mass is 16.6. The van der Waals surface area contributed by atoms with Crippen LogP contribution in [-0.4, -0.2) is 23.1 Å². The zero-order valence-electron chi connectivity index (χ0n) is 9.54. The number of rotatable bonds is 4. The van der Waals surface area contributed by atoms with Crippen molar-refractivity contribution >= 4 is 11.7 Å². The topological polar surface area (TPSA) is 89.7 Å². The van der Waals surface area contributed by atoms with Gasteiger partial charge in [0, 0.05) is 11.6 Å². The van der Waals surface area contributed by atoms with Gasteiger partial charge in [0.05, 0.1) is 24.6 Å². The van der Waals surface area contributed by atoms with Crippen molar-refractivity contribution in [1.29, 1.82) is 0 Å². The fourth-order valence-corrected chi connectivity index (χ4v) is 1.45. The summed E-state index contributed by atoms with van der Waals surface area (Å²) in [5, 5.41) is 20.3. The number of ether oxygens (including phenoxy) is 1. The summed E-state index contributed by atoms with van der Waals surface area (Å²) in [6.07, 6.45) is -1.18. The summed E-state index contributed by atoms with van der Waals surface area (Å²) in [5.74, 6) is -0.534. The molecule has 0 aliphatic carbocycles. The van der Waals surface area contributed by atoms with Gasteiger partial charge in [-0.25, -0.2) is 0 Å². The predicted molar refractivity (Wildman–Crippen MR) is 59.4 cm³/mol. The molecule has 0 aliphatic heterocycles. The van der Waals surface area contributed by atoms with E-state index in [-0.39, 0.29) is 12.1 Å². The third-order valence-electron chi connectivity index (χ3n) is 2.39. The van der Waals surface area contributed by atoms with Gasteiger partial charge < -0.3 is 9.84 Å². The number of benzene rings is 1. The smallest absolute Gasteiger partial charge is 0.308 e. The number of nitrogens with zero attached hydrogens (tertiary/aromatic N) is 1. The molecule has 1 atom stereocenters. The molecule has 92 valence electrons. The van der Waals surface area contributed by atoms with Crippen LogP contribution in [0.1, 0.15) is 23.7 Å². The number of hydrogen-bond donors (Lipinski definition) is 1. The first-order valence-corrected chi connectivity index (χ1v) is 4.95. The van der Waals surface area contributed by atoms with Crippen LogP contribution < -0.4 is 0 Å². The zero-order chi connectivity index (χ0) is 13.0. The molecule has 0 amide bonds. The molecule has 0 aromatic heterocycles. The van der Waals surface area contributed by atoms with Crippen LogP contribution in [0.25, 0.3) is 0 Å². The molecule has 1 aromatic rings. The summed E-state index contributed by atoms with van der Waals surface area (Å²) in [5.41, 5.74) is 0.883. The number of aryl methyl sites for hydroxylation is 1. The summed E-state index contributed by atoms with van der Waals surface area (Å²) in [6, 6.07) is 4.23. The number of carbonyl (C=O) groups excluding carboxylic acids is 1. The Kier molecular flexibility index (Phi) is 4.17. The molecule has 0 heterocycles. The second-order valence-electron chi connectivity index (χ2n) is 3.60. The van der Waals surface area contributed by atoms with Crippen molar-refractivity contribution in [3.8, 4) is 0 Å². The molecule has 0 bridgehead atoms. The first-order valence-electron chi connectivity index (χ1n) is 4.95. The van der Waals surface area contributed by atoms with Crippen LogP contribution in [0.15, 0.2) is 18.2 Å². The van der Waals surface area contributed by atoms with Crippen molar-refractivity contribution in [3.63, 3.8) is 0 Å². The van der Waals surface area contributed by atoms with E-state index in [9.17, 15) is 20.0 Å². The van der Waals surface area contributed by atoms with E-state index in [0.717, 1.165) is 0 Å². The lowest BCUT2D eigenvalue weighted by atomic mass is 10.0. The average Bonchev–Trinajstić information content (AvgIpc) is 2.28. The summed E-state index contributed by atoms with van der Waals surface area (Å²) >= 11 is 0. The van der Waals surface area contributed by atoms with Gasteiger partial charge in [0.1, 0.15) is 0 Å². The number of carbonyl (C=O) groups is 1. The number of nitro benzene ring substituents is 1.